The average Bonchev–Trinajstić information content (AvgIpc) is 3.18. The summed E-state index contributed by atoms with van der Waals surface area (Å²) < 4.78 is 0. The van der Waals surface area contributed by atoms with Crippen molar-refractivity contribution < 1.29 is 9.59 Å². The first-order valence-electron chi connectivity index (χ1n) is 8.46. The first-order valence-corrected chi connectivity index (χ1v) is 9.65. The minimum Gasteiger partial charge on any atom is -0.310 e. The molecule has 1 saturated heterocycles. The number of fused-ring (bicyclic) bond motifs is 1. The van der Waals surface area contributed by atoms with Crippen molar-refractivity contribution in [2.75, 3.05) is 16.8 Å². The summed E-state index contributed by atoms with van der Waals surface area (Å²) >= 11 is 7.74. The SMILES string of the molecule is O=C(Nc1nc2c(s1)CCCC2)C1CC(=O)N(c2ccccc2Cl)C1. The second-order valence-corrected chi connectivity index (χ2v) is 7.93. The average molecular weight is 376 g/mol. The number of halogens is 1. The molecule has 2 aliphatic rings. The zero-order chi connectivity index (χ0) is 17.4. The molecule has 0 bridgehead atoms. The van der Waals surface area contributed by atoms with Gasteiger partial charge in [0.25, 0.3) is 0 Å². The molecule has 2 amide bonds. The Morgan fingerprint density at radius 3 is 2.88 bits per heavy atom. The van der Waals surface area contributed by atoms with Crippen LogP contribution < -0.4 is 10.2 Å². The van der Waals surface area contributed by atoms with E-state index in [-0.39, 0.29) is 24.2 Å². The van der Waals surface area contributed by atoms with Gasteiger partial charge >= 0.3 is 0 Å². The molecule has 4 rings (SSSR count). The molecule has 2 heterocycles. The van der Waals surface area contributed by atoms with Gasteiger partial charge in [-0.3, -0.25) is 9.59 Å². The molecule has 7 heteroatoms. The molecule has 1 aromatic carbocycles. The summed E-state index contributed by atoms with van der Waals surface area (Å²) in [6.07, 6.45) is 4.58. The molecule has 130 valence electrons. The molecule has 1 aliphatic heterocycles. The lowest BCUT2D eigenvalue weighted by Gasteiger charge is -2.17. The number of aromatic nitrogens is 1. The Balaban J connectivity index is 1.46. The second-order valence-electron chi connectivity index (χ2n) is 6.44. The van der Waals surface area contributed by atoms with Crippen LogP contribution in [0.25, 0.3) is 0 Å². The molecule has 25 heavy (non-hydrogen) atoms. The molecule has 0 saturated carbocycles. The second kappa shape index (κ2) is 6.77. The maximum Gasteiger partial charge on any atom is 0.231 e. The number of carbonyl (C=O) groups is 2. The third-order valence-electron chi connectivity index (χ3n) is 4.71. The number of aryl methyl sites for hydroxylation is 2. The third-order valence-corrected chi connectivity index (χ3v) is 6.11. The standard InChI is InChI=1S/C18H18ClN3O2S/c19-12-5-1-3-7-14(12)22-10-11(9-16(22)23)17(24)21-18-20-13-6-2-4-8-15(13)25-18/h1,3,5,7,11H,2,4,6,8-10H2,(H,20,21,24). The van der Waals surface area contributed by atoms with Gasteiger partial charge in [0.05, 0.1) is 22.3 Å². The van der Waals surface area contributed by atoms with Crippen molar-refractivity contribution in [3.05, 3.63) is 39.9 Å². The Bertz CT molecular complexity index is 812. The smallest absolute Gasteiger partial charge is 0.231 e. The van der Waals surface area contributed by atoms with Gasteiger partial charge in [0, 0.05) is 17.8 Å². The normalized spacial score (nSPS) is 19.8. The number of rotatable bonds is 3. The van der Waals surface area contributed by atoms with Crippen molar-refractivity contribution in [3.63, 3.8) is 0 Å². The van der Waals surface area contributed by atoms with Crippen LogP contribution in [0, 0.1) is 5.92 Å². The maximum absolute atomic E-state index is 12.6. The minimum absolute atomic E-state index is 0.0771. The van der Waals surface area contributed by atoms with E-state index >= 15 is 0 Å². The number of nitrogens with zero attached hydrogens (tertiary/aromatic N) is 2. The van der Waals surface area contributed by atoms with Crippen LogP contribution in [0.2, 0.25) is 5.02 Å². The fourth-order valence-corrected chi connectivity index (χ4v) is 4.69. The number of amides is 2. The van der Waals surface area contributed by atoms with Gasteiger partial charge in [0.15, 0.2) is 5.13 Å². The van der Waals surface area contributed by atoms with E-state index in [0.717, 1.165) is 25.0 Å². The molecule has 1 aromatic heterocycles. The summed E-state index contributed by atoms with van der Waals surface area (Å²) in [4.78, 5) is 32.3. The van der Waals surface area contributed by atoms with Crippen LogP contribution >= 0.6 is 22.9 Å². The first kappa shape index (κ1) is 16.5. The van der Waals surface area contributed by atoms with Crippen LogP contribution in [0.5, 0.6) is 0 Å². The van der Waals surface area contributed by atoms with Gasteiger partial charge in [0.1, 0.15) is 0 Å². The molecule has 2 aromatic rings. The van der Waals surface area contributed by atoms with Crippen molar-refractivity contribution in [2.45, 2.75) is 32.1 Å². The molecule has 1 atom stereocenters. The van der Waals surface area contributed by atoms with Crippen LogP contribution in [0.1, 0.15) is 29.8 Å². The molecule has 0 radical (unpaired) electrons. The molecule has 1 N–H and O–H groups in total. The lowest BCUT2D eigenvalue weighted by atomic mass is 10.0. The van der Waals surface area contributed by atoms with Gasteiger partial charge in [-0.25, -0.2) is 4.98 Å². The van der Waals surface area contributed by atoms with Gasteiger partial charge in [-0.15, -0.1) is 11.3 Å². The lowest BCUT2D eigenvalue weighted by Crippen LogP contribution is -2.28. The van der Waals surface area contributed by atoms with Crippen LogP contribution in [-0.2, 0) is 22.4 Å². The number of anilines is 2. The highest BCUT2D eigenvalue weighted by molar-refractivity contribution is 7.15. The quantitative estimate of drug-likeness (QED) is 0.890. The predicted molar refractivity (Wildman–Crippen MR) is 99.3 cm³/mol. The van der Waals surface area contributed by atoms with Crippen molar-refractivity contribution in [2.24, 2.45) is 5.92 Å². The number of thiazole rings is 1. The number of carbonyl (C=O) groups excluding carboxylic acids is 2. The summed E-state index contributed by atoms with van der Waals surface area (Å²) in [5.74, 6) is -0.606. The van der Waals surface area contributed by atoms with E-state index in [0.29, 0.717) is 22.4 Å². The molecular weight excluding hydrogens is 358 g/mol. The van der Waals surface area contributed by atoms with Crippen molar-refractivity contribution in [1.82, 2.24) is 4.98 Å². The number of hydrogen-bond acceptors (Lipinski definition) is 4. The Kier molecular flexibility index (Phi) is 4.48. The highest BCUT2D eigenvalue weighted by Gasteiger charge is 2.36. The molecule has 1 fully saturated rings. The molecule has 1 aliphatic carbocycles. The Labute approximate surface area is 155 Å². The van der Waals surface area contributed by atoms with Crippen LogP contribution in [0.15, 0.2) is 24.3 Å². The Morgan fingerprint density at radius 2 is 2.08 bits per heavy atom. The van der Waals surface area contributed by atoms with Crippen molar-refractivity contribution >= 4 is 45.6 Å². The van der Waals surface area contributed by atoms with Gasteiger partial charge in [-0.2, -0.15) is 0 Å². The largest absolute Gasteiger partial charge is 0.310 e. The van der Waals surface area contributed by atoms with Gasteiger partial charge in [-0.1, -0.05) is 23.7 Å². The van der Waals surface area contributed by atoms with Crippen molar-refractivity contribution in [3.8, 4) is 0 Å². The number of para-hydroxylation sites is 1. The molecule has 0 spiro atoms. The van der Waals surface area contributed by atoms with E-state index in [2.05, 4.69) is 10.3 Å². The summed E-state index contributed by atoms with van der Waals surface area (Å²) in [5, 5.41) is 4.08. The monoisotopic (exact) mass is 375 g/mol. The number of hydrogen-bond donors (Lipinski definition) is 1. The van der Waals surface area contributed by atoms with Gasteiger partial charge in [-0.05, 0) is 37.8 Å². The Hall–Kier alpha value is -1.92. The fourth-order valence-electron chi connectivity index (χ4n) is 3.40. The predicted octanol–water partition coefficient (Wildman–Crippen LogP) is 3.67. The Morgan fingerprint density at radius 1 is 1.28 bits per heavy atom. The van der Waals surface area contributed by atoms with E-state index in [1.807, 2.05) is 12.1 Å². The number of benzene rings is 1. The summed E-state index contributed by atoms with van der Waals surface area (Å²) in [6, 6.07) is 7.20. The molecule has 1 unspecified atom stereocenters. The van der Waals surface area contributed by atoms with Crippen LogP contribution in [0.4, 0.5) is 10.8 Å². The summed E-state index contributed by atoms with van der Waals surface area (Å²) in [5.41, 5.74) is 1.78. The van der Waals surface area contributed by atoms with E-state index < -0.39 is 0 Å². The summed E-state index contributed by atoms with van der Waals surface area (Å²) in [7, 11) is 0. The zero-order valence-corrected chi connectivity index (χ0v) is 15.2. The number of nitrogens with one attached hydrogen (secondary N) is 1. The van der Waals surface area contributed by atoms with Gasteiger partial charge < -0.3 is 10.2 Å². The van der Waals surface area contributed by atoms with E-state index in [4.69, 9.17) is 11.6 Å². The third kappa shape index (κ3) is 3.28. The lowest BCUT2D eigenvalue weighted by molar-refractivity contribution is -0.122. The molecular formula is C18H18ClN3O2S. The van der Waals surface area contributed by atoms with Crippen LogP contribution in [-0.4, -0.2) is 23.3 Å². The molecule has 5 nitrogen and oxygen atoms in total. The van der Waals surface area contributed by atoms with E-state index in [1.54, 1.807) is 28.4 Å². The van der Waals surface area contributed by atoms with Crippen molar-refractivity contribution in [1.29, 1.82) is 0 Å². The topological polar surface area (TPSA) is 62.3 Å². The fraction of sp³-hybridized carbons (Fsp3) is 0.389. The summed E-state index contributed by atoms with van der Waals surface area (Å²) in [6.45, 7) is 0.347. The van der Waals surface area contributed by atoms with Crippen LogP contribution in [0.3, 0.4) is 0 Å². The highest BCUT2D eigenvalue weighted by Crippen LogP contribution is 2.33. The van der Waals surface area contributed by atoms with E-state index in [9.17, 15) is 9.59 Å². The van der Waals surface area contributed by atoms with E-state index in [1.165, 1.54) is 11.3 Å². The highest BCUT2D eigenvalue weighted by atomic mass is 35.5. The zero-order valence-electron chi connectivity index (χ0n) is 13.6. The maximum atomic E-state index is 12.6. The minimum atomic E-state index is -0.385. The first-order chi connectivity index (χ1) is 12.1. The van der Waals surface area contributed by atoms with Gasteiger partial charge in [0.2, 0.25) is 11.8 Å².